The lowest BCUT2D eigenvalue weighted by atomic mass is 10.0. The molecule has 0 spiro atoms. The quantitative estimate of drug-likeness (QED) is 0.187. The number of nitrogens with two attached hydrogens (primary N) is 2. The molecule has 0 radical (unpaired) electrons. The van der Waals surface area contributed by atoms with E-state index in [9.17, 15) is 29.1 Å². The van der Waals surface area contributed by atoms with Crippen molar-refractivity contribution in [2.24, 2.45) is 17.4 Å². The van der Waals surface area contributed by atoms with Gasteiger partial charge in [-0.1, -0.05) is 74.5 Å². The number of primary amides is 1. The van der Waals surface area contributed by atoms with Crippen LogP contribution in [0.1, 0.15) is 37.8 Å². The van der Waals surface area contributed by atoms with Gasteiger partial charge in [0.25, 0.3) is 0 Å². The Bertz CT molecular complexity index is 1130. The zero-order chi connectivity index (χ0) is 28.9. The summed E-state index contributed by atoms with van der Waals surface area (Å²) in [5.74, 6) is -4.33. The Kier molecular flexibility index (Phi) is 12.1. The third-order valence-electron chi connectivity index (χ3n) is 6.09. The fraction of sp³-hybridized carbons (Fsp3) is 0.393. The largest absolute Gasteiger partial charge is 0.480 e. The number of carboxylic acid groups (broad SMARTS) is 1. The van der Waals surface area contributed by atoms with Crippen LogP contribution in [-0.4, -0.2) is 58.9 Å². The summed E-state index contributed by atoms with van der Waals surface area (Å²) in [5.41, 5.74) is 12.9. The van der Waals surface area contributed by atoms with Gasteiger partial charge in [0.05, 0.1) is 6.04 Å². The molecule has 11 heteroatoms. The standard InChI is InChI=1S/C28H37N5O6/c1-17(2)24(28(38)39)33-27(37)22(16-19-11-7-4-8-12-19)32-26(36)21(13-14-23(30)34)31-25(35)20(29)15-18-9-5-3-6-10-18/h3-12,17,20-22,24H,13-16,29H2,1-2H3,(H2,30,34)(H,31,35)(H,32,36)(H,33,37)(H,38,39). The Hall–Kier alpha value is -4.25. The number of hydrogen-bond acceptors (Lipinski definition) is 6. The zero-order valence-corrected chi connectivity index (χ0v) is 22.1. The average molecular weight is 540 g/mol. The Morgan fingerprint density at radius 1 is 0.744 bits per heavy atom. The molecule has 0 aliphatic carbocycles. The highest BCUT2D eigenvalue weighted by atomic mass is 16.4. The van der Waals surface area contributed by atoms with E-state index in [0.29, 0.717) is 0 Å². The molecule has 210 valence electrons. The van der Waals surface area contributed by atoms with Crippen LogP contribution >= 0.6 is 0 Å². The van der Waals surface area contributed by atoms with Crippen LogP contribution in [0.2, 0.25) is 0 Å². The highest BCUT2D eigenvalue weighted by Crippen LogP contribution is 2.09. The van der Waals surface area contributed by atoms with Gasteiger partial charge in [-0.05, 0) is 29.9 Å². The van der Waals surface area contributed by atoms with Gasteiger partial charge < -0.3 is 32.5 Å². The topological polar surface area (TPSA) is 194 Å². The molecule has 4 amide bonds. The molecule has 0 saturated heterocycles. The molecule has 2 rings (SSSR count). The predicted octanol–water partition coefficient (Wildman–Crippen LogP) is 0.260. The van der Waals surface area contributed by atoms with Crippen molar-refractivity contribution in [2.45, 2.75) is 63.7 Å². The van der Waals surface area contributed by atoms with E-state index in [2.05, 4.69) is 16.0 Å². The van der Waals surface area contributed by atoms with Crippen molar-refractivity contribution >= 4 is 29.6 Å². The van der Waals surface area contributed by atoms with Crippen molar-refractivity contribution in [1.82, 2.24) is 16.0 Å². The summed E-state index contributed by atoms with van der Waals surface area (Å²) < 4.78 is 0. The normalized spacial score (nSPS) is 13.9. The Morgan fingerprint density at radius 2 is 1.23 bits per heavy atom. The molecule has 0 bridgehead atoms. The molecule has 0 aliphatic heterocycles. The van der Waals surface area contributed by atoms with Gasteiger partial charge in [0, 0.05) is 12.8 Å². The number of nitrogens with one attached hydrogen (secondary N) is 3. The minimum Gasteiger partial charge on any atom is -0.480 e. The van der Waals surface area contributed by atoms with Crippen molar-refractivity contribution in [3.63, 3.8) is 0 Å². The van der Waals surface area contributed by atoms with Gasteiger partial charge in [0.1, 0.15) is 18.1 Å². The zero-order valence-electron chi connectivity index (χ0n) is 22.1. The van der Waals surface area contributed by atoms with Crippen molar-refractivity contribution in [3.8, 4) is 0 Å². The maximum atomic E-state index is 13.3. The van der Waals surface area contributed by atoms with Gasteiger partial charge >= 0.3 is 5.97 Å². The number of benzene rings is 2. The minimum atomic E-state index is -1.21. The number of carbonyl (C=O) groups excluding carboxylic acids is 4. The molecule has 4 atom stereocenters. The first kappa shape index (κ1) is 31.0. The monoisotopic (exact) mass is 539 g/mol. The maximum absolute atomic E-state index is 13.3. The maximum Gasteiger partial charge on any atom is 0.326 e. The van der Waals surface area contributed by atoms with E-state index in [-0.39, 0.29) is 25.7 Å². The molecule has 2 aromatic rings. The molecule has 0 saturated carbocycles. The van der Waals surface area contributed by atoms with Crippen molar-refractivity contribution in [2.75, 3.05) is 0 Å². The van der Waals surface area contributed by atoms with E-state index < -0.39 is 59.7 Å². The van der Waals surface area contributed by atoms with Gasteiger partial charge in [-0.15, -0.1) is 0 Å². The molecule has 8 N–H and O–H groups in total. The van der Waals surface area contributed by atoms with Crippen molar-refractivity contribution in [1.29, 1.82) is 0 Å². The summed E-state index contributed by atoms with van der Waals surface area (Å²) in [6.45, 7) is 3.30. The molecule has 0 fully saturated rings. The van der Waals surface area contributed by atoms with E-state index in [4.69, 9.17) is 11.5 Å². The number of rotatable bonds is 15. The van der Waals surface area contributed by atoms with Crippen LogP contribution in [-0.2, 0) is 36.8 Å². The first-order chi connectivity index (χ1) is 18.5. The molecule has 0 aromatic heterocycles. The molecular weight excluding hydrogens is 502 g/mol. The molecule has 2 aromatic carbocycles. The lowest BCUT2D eigenvalue weighted by Gasteiger charge is -2.26. The summed E-state index contributed by atoms with van der Waals surface area (Å²) in [6.07, 6.45) is -0.0286. The Morgan fingerprint density at radius 3 is 1.72 bits per heavy atom. The van der Waals surface area contributed by atoms with E-state index in [1.807, 2.05) is 30.3 Å². The number of aliphatic carboxylic acids is 1. The highest BCUT2D eigenvalue weighted by molar-refractivity contribution is 5.94. The number of amides is 4. The summed E-state index contributed by atoms with van der Waals surface area (Å²) in [6, 6.07) is 13.4. The lowest BCUT2D eigenvalue weighted by Crippen LogP contribution is -2.58. The second kappa shape index (κ2) is 15.2. The van der Waals surface area contributed by atoms with Crippen LogP contribution < -0.4 is 27.4 Å². The molecular formula is C28H37N5O6. The third-order valence-corrected chi connectivity index (χ3v) is 6.09. The van der Waals surface area contributed by atoms with Crippen LogP contribution in [0.3, 0.4) is 0 Å². The third kappa shape index (κ3) is 10.6. The van der Waals surface area contributed by atoms with Gasteiger partial charge in [-0.25, -0.2) is 4.79 Å². The molecule has 0 aliphatic rings. The van der Waals surface area contributed by atoms with Gasteiger partial charge in [0.15, 0.2) is 0 Å². The minimum absolute atomic E-state index is 0.0624. The summed E-state index contributed by atoms with van der Waals surface area (Å²) in [7, 11) is 0. The van der Waals surface area contributed by atoms with E-state index >= 15 is 0 Å². The van der Waals surface area contributed by atoms with E-state index in [0.717, 1.165) is 11.1 Å². The first-order valence-corrected chi connectivity index (χ1v) is 12.7. The highest BCUT2D eigenvalue weighted by Gasteiger charge is 2.31. The predicted molar refractivity (Wildman–Crippen MR) is 145 cm³/mol. The Balaban J connectivity index is 2.22. The van der Waals surface area contributed by atoms with Crippen LogP contribution in [0, 0.1) is 5.92 Å². The SMILES string of the molecule is CC(C)C(NC(=O)C(Cc1ccccc1)NC(=O)C(CCC(N)=O)NC(=O)C(N)Cc1ccccc1)C(=O)O. The number of carboxylic acids is 1. The van der Waals surface area contributed by atoms with Crippen LogP contribution in [0.4, 0.5) is 0 Å². The van der Waals surface area contributed by atoms with Crippen LogP contribution in [0.15, 0.2) is 60.7 Å². The van der Waals surface area contributed by atoms with Crippen molar-refractivity contribution < 1.29 is 29.1 Å². The van der Waals surface area contributed by atoms with Gasteiger partial charge in [-0.3, -0.25) is 19.2 Å². The number of carbonyl (C=O) groups is 5. The van der Waals surface area contributed by atoms with E-state index in [1.54, 1.807) is 44.2 Å². The second-order valence-electron chi connectivity index (χ2n) is 9.68. The summed E-state index contributed by atoms with van der Waals surface area (Å²) >= 11 is 0. The van der Waals surface area contributed by atoms with Crippen molar-refractivity contribution in [3.05, 3.63) is 71.8 Å². The van der Waals surface area contributed by atoms with Crippen LogP contribution in [0.25, 0.3) is 0 Å². The van der Waals surface area contributed by atoms with Crippen LogP contribution in [0.5, 0.6) is 0 Å². The number of hydrogen-bond donors (Lipinski definition) is 6. The lowest BCUT2D eigenvalue weighted by molar-refractivity contribution is -0.143. The average Bonchev–Trinajstić information content (AvgIpc) is 2.89. The smallest absolute Gasteiger partial charge is 0.326 e. The van der Waals surface area contributed by atoms with E-state index in [1.165, 1.54) is 0 Å². The van der Waals surface area contributed by atoms with Gasteiger partial charge in [0.2, 0.25) is 23.6 Å². The first-order valence-electron chi connectivity index (χ1n) is 12.7. The van der Waals surface area contributed by atoms with Gasteiger partial charge in [-0.2, -0.15) is 0 Å². The second-order valence-corrected chi connectivity index (χ2v) is 9.68. The fourth-order valence-corrected chi connectivity index (χ4v) is 3.89. The molecule has 39 heavy (non-hydrogen) atoms. The summed E-state index contributed by atoms with van der Waals surface area (Å²) in [4.78, 5) is 62.4. The Labute approximate surface area is 227 Å². The molecule has 0 heterocycles. The molecule has 4 unspecified atom stereocenters. The fourth-order valence-electron chi connectivity index (χ4n) is 3.89. The summed E-state index contributed by atoms with van der Waals surface area (Å²) in [5, 5.41) is 17.2. The molecule has 11 nitrogen and oxygen atoms in total.